The van der Waals surface area contributed by atoms with Gasteiger partial charge in [-0.25, -0.2) is 4.79 Å². The number of carbonyl (C=O) groups excluding carboxylic acids is 3. The molecule has 2 atom stereocenters. The summed E-state index contributed by atoms with van der Waals surface area (Å²) in [5, 5.41) is 2.92. The quantitative estimate of drug-likeness (QED) is 0.502. The number of esters is 1. The van der Waals surface area contributed by atoms with Gasteiger partial charge in [-0.05, 0) is 25.0 Å². The molecule has 0 aliphatic carbocycles. The van der Waals surface area contributed by atoms with Gasteiger partial charge < -0.3 is 19.5 Å². The second kappa shape index (κ2) is 9.15. The monoisotopic (exact) mass is 404 g/mol. The SMILES string of the molecule is CCCCCCNC(=O)[C@@H]1CCC(=O)N1C1OC(=O)c2c1ccc(OC)c2OC. The van der Waals surface area contributed by atoms with Crippen LogP contribution in [0, 0.1) is 0 Å². The summed E-state index contributed by atoms with van der Waals surface area (Å²) in [5.41, 5.74) is 0.735. The highest BCUT2D eigenvalue weighted by Gasteiger charge is 2.47. The Hall–Kier alpha value is -2.77. The molecule has 0 aromatic heterocycles. The first-order valence-corrected chi connectivity index (χ1v) is 10.1. The number of cyclic esters (lactones) is 1. The molecule has 1 fully saturated rings. The van der Waals surface area contributed by atoms with E-state index in [1.165, 1.54) is 19.1 Å². The van der Waals surface area contributed by atoms with Crippen LogP contribution < -0.4 is 14.8 Å². The second-order valence-electron chi connectivity index (χ2n) is 7.23. The number of benzene rings is 1. The number of rotatable bonds is 9. The normalized spacial score (nSPS) is 20.4. The van der Waals surface area contributed by atoms with Crippen molar-refractivity contribution in [3.8, 4) is 11.5 Å². The Bertz CT molecular complexity index is 794. The summed E-state index contributed by atoms with van der Waals surface area (Å²) in [5.74, 6) is -0.355. The Morgan fingerprint density at radius 2 is 2.00 bits per heavy atom. The second-order valence-corrected chi connectivity index (χ2v) is 7.23. The summed E-state index contributed by atoms with van der Waals surface area (Å²) in [6.07, 6.45) is 3.91. The van der Waals surface area contributed by atoms with Crippen molar-refractivity contribution in [1.29, 1.82) is 0 Å². The van der Waals surface area contributed by atoms with Gasteiger partial charge in [-0.1, -0.05) is 26.2 Å². The molecule has 2 aliphatic rings. The van der Waals surface area contributed by atoms with E-state index in [4.69, 9.17) is 14.2 Å². The highest BCUT2D eigenvalue weighted by Crippen LogP contribution is 2.45. The summed E-state index contributed by atoms with van der Waals surface area (Å²) in [6, 6.07) is 2.68. The van der Waals surface area contributed by atoms with Crippen LogP contribution in [0.5, 0.6) is 11.5 Å². The largest absolute Gasteiger partial charge is 0.493 e. The molecule has 1 unspecified atom stereocenters. The number of carbonyl (C=O) groups is 3. The number of nitrogens with zero attached hydrogens (tertiary/aromatic N) is 1. The van der Waals surface area contributed by atoms with E-state index in [1.54, 1.807) is 12.1 Å². The first kappa shape index (κ1) is 21.0. The number of nitrogens with one attached hydrogen (secondary N) is 1. The van der Waals surface area contributed by atoms with Crippen molar-refractivity contribution in [1.82, 2.24) is 10.2 Å². The van der Waals surface area contributed by atoms with Crippen LogP contribution in [0.2, 0.25) is 0 Å². The van der Waals surface area contributed by atoms with Crippen LogP contribution in [0.1, 0.15) is 67.6 Å². The summed E-state index contributed by atoms with van der Waals surface area (Å²) >= 11 is 0. The van der Waals surface area contributed by atoms with E-state index in [9.17, 15) is 14.4 Å². The van der Waals surface area contributed by atoms with Gasteiger partial charge in [-0.3, -0.25) is 14.5 Å². The predicted molar refractivity (Wildman–Crippen MR) is 105 cm³/mol. The number of likely N-dealkylation sites (tertiary alicyclic amines) is 1. The maximum Gasteiger partial charge on any atom is 0.344 e. The van der Waals surface area contributed by atoms with E-state index in [2.05, 4.69) is 12.2 Å². The van der Waals surface area contributed by atoms with Crippen molar-refractivity contribution in [2.45, 2.75) is 57.7 Å². The van der Waals surface area contributed by atoms with E-state index < -0.39 is 18.2 Å². The molecule has 0 radical (unpaired) electrons. The van der Waals surface area contributed by atoms with Crippen molar-refractivity contribution in [3.63, 3.8) is 0 Å². The van der Waals surface area contributed by atoms with Gasteiger partial charge >= 0.3 is 5.97 Å². The lowest BCUT2D eigenvalue weighted by Crippen LogP contribution is -2.46. The third-order valence-electron chi connectivity index (χ3n) is 5.41. The molecular weight excluding hydrogens is 376 g/mol. The van der Waals surface area contributed by atoms with Crippen LogP contribution in [0.25, 0.3) is 0 Å². The third kappa shape index (κ3) is 4.02. The number of amides is 2. The fraction of sp³-hybridized carbons (Fsp3) is 0.571. The van der Waals surface area contributed by atoms with Crippen LogP contribution in [0.4, 0.5) is 0 Å². The molecule has 0 spiro atoms. The van der Waals surface area contributed by atoms with Crippen LogP contribution in [-0.4, -0.2) is 49.5 Å². The average molecular weight is 404 g/mol. The van der Waals surface area contributed by atoms with Crippen LogP contribution in [0.3, 0.4) is 0 Å². The molecule has 2 aliphatic heterocycles. The maximum absolute atomic E-state index is 12.7. The minimum atomic E-state index is -0.942. The van der Waals surface area contributed by atoms with Crippen molar-refractivity contribution in [3.05, 3.63) is 23.3 Å². The third-order valence-corrected chi connectivity index (χ3v) is 5.41. The highest BCUT2D eigenvalue weighted by molar-refractivity contribution is 5.99. The fourth-order valence-electron chi connectivity index (χ4n) is 3.92. The van der Waals surface area contributed by atoms with Crippen molar-refractivity contribution in [2.75, 3.05) is 20.8 Å². The Kier molecular flexibility index (Phi) is 6.61. The van der Waals surface area contributed by atoms with Gasteiger partial charge in [-0.15, -0.1) is 0 Å². The van der Waals surface area contributed by atoms with Gasteiger partial charge in [0.05, 0.1) is 14.2 Å². The summed E-state index contributed by atoms with van der Waals surface area (Å²) in [7, 11) is 2.92. The molecule has 8 heteroatoms. The number of methoxy groups -OCH3 is 2. The van der Waals surface area contributed by atoms with E-state index in [-0.39, 0.29) is 29.5 Å². The van der Waals surface area contributed by atoms with Crippen molar-refractivity contribution >= 4 is 17.8 Å². The lowest BCUT2D eigenvalue weighted by Gasteiger charge is -2.29. The van der Waals surface area contributed by atoms with Gasteiger partial charge in [0, 0.05) is 18.5 Å². The lowest BCUT2D eigenvalue weighted by atomic mass is 10.1. The average Bonchev–Trinajstić information content (AvgIpc) is 3.26. The standard InChI is InChI=1S/C21H28N2O6/c1-4-5-6-7-12-22-19(25)14-9-11-16(24)23(14)20-13-8-10-15(27-2)18(28-3)17(13)21(26)29-20/h8,10,14,20H,4-7,9,11-12H2,1-3H3,(H,22,25)/t14-,20?/m0/s1. The number of hydrogen-bond acceptors (Lipinski definition) is 6. The number of ether oxygens (including phenoxy) is 3. The topological polar surface area (TPSA) is 94.2 Å². The van der Waals surface area contributed by atoms with Crippen LogP contribution in [-0.2, 0) is 14.3 Å². The summed E-state index contributed by atoms with van der Waals surface area (Å²) in [4.78, 5) is 39.2. The predicted octanol–water partition coefficient (Wildman–Crippen LogP) is 2.56. The minimum absolute atomic E-state index is 0.211. The van der Waals surface area contributed by atoms with Gasteiger partial charge in [-0.2, -0.15) is 0 Å². The smallest absolute Gasteiger partial charge is 0.344 e. The van der Waals surface area contributed by atoms with Gasteiger partial charge in [0.25, 0.3) is 0 Å². The molecule has 0 bridgehead atoms. The van der Waals surface area contributed by atoms with Gasteiger partial charge in [0.15, 0.2) is 11.5 Å². The Balaban J connectivity index is 1.80. The van der Waals surface area contributed by atoms with Crippen molar-refractivity contribution in [2.24, 2.45) is 0 Å². The molecule has 1 aromatic carbocycles. The highest BCUT2D eigenvalue weighted by atomic mass is 16.6. The zero-order valence-electron chi connectivity index (χ0n) is 17.2. The number of hydrogen-bond donors (Lipinski definition) is 1. The van der Waals surface area contributed by atoms with Gasteiger partial charge in [0.2, 0.25) is 18.0 Å². The summed E-state index contributed by atoms with van der Waals surface area (Å²) in [6.45, 7) is 2.70. The van der Waals surface area contributed by atoms with E-state index in [1.807, 2.05) is 0 Å². The molecule has 1 saturated heterocycles. The Labute approximate surface area is 170 Å². The van der Waals surface area contributed by atoms with Gasteiger partial charge in [0.1, 0.15) is 11.6 Å². The lowest BCUT2D eigenvalue weighted by molar-refractivity contribution is -0.145. The van der Waals surface area contributed by atoms with Crippen LogP contribution >= 0.6 is 0 Å². The molecule has 3 rings (SSSR count). The summed E-state index contributed by atoms with van der Waals surface area (Å²) < 4.78 is 16.1. The zero-order chi connectivity index (χ0) is 21.0. The van der Waals surface area contributed by atoms with E-state index in [0.717, 1.165) is 25.7 Å². The number of unbranched alkanes of at least 4 members (excludes halogenated alkanes) is 3. The molecule has 2 heterocycles. The number of fused-ring (bicyclic) bond motifs is 1. The first-order chi connectivity index (χ1) is 14.0. The fourth-order valence-corrected chi connectivity index (χ4v) is 3.92. The molecule has 29 heavy (non-hydrogen) atoms. The Morgan fingerprint density at radius 3 is 2.69 bits per heavy atom. The first-order valence-electron chi connectivity index (χ1n) is 10.1. The molecule has 8 nitrogen and oxygen atoms in total. The molecule has 2 amide bonds. The Morgan fingerprint density at radius 1 is 1.21 bits per heavy atom. The minimum Gasteiger partial charge on any atom is -0.493 e. The maximum atomic E-state index is 12.7. The zero-order valence-corrected chi connectivity index (χ0v) is 17.2. The molecule has 0 saturated carbocycles. The van der Waals surface area contributed by atoms with Crippen molar-refractivity contribution < 1.29 is 28.6 Å². The van der Waals surface area contributed by atoms with E-state index in [0.29, 0.717) is 24.3 Å². The van der Waals surface area contributed by atoms with E-state index >= 15 is 0 Å². The van der Waals surface area contributed by atoms with Crippen LogP contribution in [0.15, 0.2) is 12.1 Å². The molecule has 1 N–H and O–H groups in total. The molecule has 1 aromatic rings. The molecule has 158 valence electrons. The molecular formula is C21H28N2O6.